The van der Waals surface area contributed by atoms with E-state index in [9.17, 15) is 4.79 Å². The predicted octanol–water partition coefficient (Wildman–Crippen LogP) is 2.55. The standard InChI is InChI=1S/C13H16BrNO3/c1-2-15(13(16)5-6-14)8-10-3-4-11-12(7-10)18-9-17-11/h3-4,7H,2,5-6,8-9H2,1H3. The largest absolute Gasteiger partial charge is 0.454 e. The number of carbonyl (C=O) groups excluding carboxylic acids is 1. The van der Waals surface area contributed by atoms with Crippen LogP contribution in [-0.2, 0) is 11.3 Å². The van der Waals surface area contributed by atoms with Crippen molar-refractivity contribution in [3.8, 4) is 11.5 Å². The topological polar surface area (TPSA) is 38.8 Å². The lowest BCUT2D eigenvalue weighted by Crippen LogP contribution is -2.30. The molecule has 4 nitrogen and oxygen atoms in total. The number of nitrogens with zero attached hydrogens (tertiary/aromatic N) is 1. The third-order valence-electron chi connectivity index (χ3n) is 2.85. The average Bonchev–Trinajstić information content (AvgIpc) is 2.83. The highest BCUT2D eigenvalue weighted by molar-refractivity contribution is 9.09. The van der Waals surface area contributed by atoms with Crippen LogP contribution in [0.15, 0.2) is 18.2 Å². The van der Waals surface area contributed by atoms with E-state index in [1.165, 1.54) is 0 Å². The molecule has 1 aliphatic heterocycles. The number of hydrogen-bond acceptors (Lipinski definition) is 3. The molecule has 0 saturated heterocycles. The zero-order valence-electron chi connectivity index (χ0n) is 10.3. The number of hydrogen-bond donors (Lipinski definition) is 0. The van der Waals surface area contributed by atoms with Gasteiger partial charge in [-0.1, -0.05) is 22.0 Å². The fourth-order valence-corrected chi connectivity index (χ4v) is 2.21. The van der Waals surface area contributed by atoms with E-state index in [1.54, 1.807) is 0 Å². The molecule has 1 aromatic carbocycles. The van der Waals surface area contributed by atoms with Crippen molar-refractivity contribution >= 4 is 21.8 Å². The van der Waals surface area contributed by atoms with Crippen LogP contribution in [0.1, 0.15) is 18.9 Å². The summed E-state index contributed by atoms with van der Waals surface area (Å²) in [5.41, 5.74) is 1.06. The van der Waals surface area contributed by atoms with Crippen molar-refractivity contribution in [2.24, 2.45) is 0 Å². The Kier molecular flexibility index (Phi) is 4.47. The molecule has 1 amide bonds. The Morgan fingerprint density at radius 1 is 1.39 bits per heavy atom. The minimum absolute atomic E-state index is 0.159. The molecular formula is C13H16BrNO3. The van der Waals surface area contributed by atoms with E-state index in [-0.39, 0.29) is 12.7 Å². The maximum atomic E-state index is 11.9. The third kappa shape index (κ3) is 2.96. The third-order valence-corrected chi connectivity index (χ3v) is 3.25. The Morgan fingerprint density at radius 2 is 2.17 bits per heavy atom. The second kappa shape index (κ2) is 6.09. The average molecular weight is 314 g/mol. The van der Waals surface area contributed by atoms with Gasteiger partial charge >= 0.3 is 0 Å². The molecule has 18 heavy (non-hydrogen) atoms. The minimum Gasteiger partial charge on any atom is -0.454 e. The fourth-order valence-electron chi connectivity index (χ4n) is 1.87. The van der Waals surface area contributed by atoms with Gasteiger partial charge in [-0.15, -0.1) is 0 Å². The lowest BCUT2D eigenvalue weighted by Gasteiger charge is -2.20. The molecule has 0 aromatic heterocycles. The van der Waals surface area contributed by atoms with Crippen LogP contribution in [0.4, 0.5) is 0 Å². The lowest BCUT2D eigenvalue weighted by molar-refractivity contribution is -0.131. The first-order valence-electron chi connectivity index (χ1n) is 5.97. The molecule has 0 fully saturated rings. The Bertz CT molecular complexity index is 436. The van der Waals surface area contributed by atoms with Gasteiger partial charge in [-0.25, -0.2) is 0 Å². The summed E-state index contributed by atoms with van der Waals surface area (Å²) in [6, 6.07) is 5.80. The van der Waals surface area contributed by atoms with Crippen molar-refractivity contribution < 1.29 is 14.3 Å². The highest BCUT2D eigenvalue weighted by Gasteiger charge is 2.16. The van der Waals surface area contributed by atoms with Gasteiger partial charge in [0.05, 0.1) is 0 Å². The predicted molar refractivity (Wildman–Crippen MR) is 72.1 cm³/mol. The maximum Gasteiger partial charge on any atom is 0.231 e. The first-order chi connectivity index (χ1) is 8.74. The monoisotopic (exact) mass is 313 g/mol. The van der Waals surface area contributed by atoms with Crippen molar-refractivity contribution in [1.82, 2.24) is 4.90 Å². The van der Waals surface area contributed by atoms with Crippen LogP contribution in [-0.4, -0.2) is 29.5 Å². The Hall–Kier alpha value is -1.23. The maximum absolute atomic E-state index is 11.9. The molecule has 1 aliphatic rings. The second-order valence-corrected chi connectivity index (χ2v) is 4.83. The molecule has 5 heteroatoms. The van der Waals surface area contributed by atoms with Crippen LogP contribution in [0.2, 0.25) is 0 Å². The molecule has 0 N–H and O–H groups in total. The normalized spacial score (nSPS) is 12.6. The van der Waals surface area contributed by atoms with Gasteiger partial charge in [0.15, 0.2) is 11.5 Å². The van der Waals surface area contributed by atoms with Crippen LogP contribution in [0.25, 0.3) is 0 Å². The van der Waals surface area contributed by atoms with Crippen molar-refractivity contribution in [1.29, 1.82) is 0 Å². The number of amides is 1. The molecule has 2 rings (SSSR count). The summed E-state index contributed by atoms with van der Waals surface area (Å²) in [6.45, 7) is 3.58. The Labute approximate surface area is 115 Å². The minimum atomic E-state index is 0.159. The highest BCUT2D eigenvalue weighted by atomic mass is 79.9. The van der Waals surface area contributed by atoms with Gasteiger partial charge in [-0.3, -0.25) is 4.79 Å². The van der Waals surface area contributed by atoms with Gasteiger partial charge in [-0.05, 0) is 24.6 Å². The van der Waals surface area contributed by atoms with Gasteiger partial charge in [0.2, 0.25) is 12.7 Å². The molecule has 0 bridgehead atoms. The van der Waals surface area contributed by atoms with Crippen molar-refractivity contribution in [3.05, 3.63) is 23.8 Å². The number of benzene rings is 1. The van der Waals surface area contributed by atoms with E-state index >= 15 is 0 Å². The quantitative estimate of drug-likeness (QED) is 0.784. The number of alkyl halides is 1. The summed E-state index contributed by atoms with van der Waals surface area (Å²) in [5, 5.41) is 0.698. The summed E-state index contributed by atoms with van der Waals surface area (Å²) in [5.74, 6) is 1.69. The second-order valence-electron chi connectivity index (χ2n) is 4.03. The van der Waals surface area contributed by atoms with Crippen molar-refractivity contribution in [3.63, 3.8) is 0 Å². The zero-order valence-corrected chi connectivity index (χ0v) is 11.9. The summed E-state index contributed by atoms with van der Waals surface area (Å²) < 4.78 is 10.6. The van der Waals surface area contributed by atoms with Crippen molar-refractivity contribution in [2.45, 2.75) is 19.9 Å². The van der Waals surface area contributed by atoms with Gasteiger partial charge in [0.25, 0.3) is 0 Å². The van der Waals surface area contributed by atoms with Crippen LogP contribution < -0.4 is 9.47 Å². The molecule has 0 aliphatic carbocycles. The SMILES string of the molecule is CCN(Cc1ccc2c(c1)OCO2)C(=O)CCBr. The van der Waals surface area contributed by atoms with Crippen molar-refractivity contribution in [2.75, 3.05) is 18.7 Å². The smallest absolute Gasteiger partial charge is 0.231 e. The summed E-state index contributed by atoms with van der Waals surface area (Å²) in [4.78, 5) is 13.7. The van der Waals surface area contributed by atoms with Crippen LogP contribution in [0, 0.1) is 0 Å². The zero-order chi connectivity index (χ0) is 13.0. The van der Waals surface area contributed by atoms with E-state index < -0.39 is 0 Å². The van der Waals surface area contributed by atoms with Gasteiger partial charge in [0.1, 0.15) is 0 Å². The van der Waals surface area contributed by atoms with E-state index in [0.717, 1.165) is 17.1 Å². The Morgan fingerprint density at radius 3 is 2.89 bits per heavy atom. The fraction of sp³-hybridized carbons (Fsp3) is 0.462. The molecule has 0 radical (unpaired) electrons. The lowest BCUT2D eigenvalue weighted by atomic mass is 10.2. The van der Waals surface area contributed by atoms with Crippen LogP contribution in [0.5, 0.6) is 11.5 Å². The molecule has 1 aromatic rings. The number of rotatable bonds is 5. The molecule has 1 heterocycles. The first-order valence-corrected chi connectivity index (χ1v) is 7.09. The van der Waals surface area contributed by atoms with E-state index in [4.69, 9.17) is 9.47 Å². The van der Waals surface area contributed by atoms with Gasteiger partial charge in [-0.2, -0.15) is 0 Å². The summed E-state index contributed by atoms with van der Waals surface area (Å²) >= 11 is 3.29. The molecule has 0 atom stereocenters. The number of halogens is 1. The number of ether oxygens (including phenoxy) is 2. The number of fused-ring (bicyclic) bond motifs is 1. The van der Waals surface area contributed by atoms with Crippen LogP contribution >= 0.6 is 15.9 Å². The molecule has 98 valence electrons. The van der Waals surface area contributed by atoms with E-state index in [2.05, 4.69) is 15.9 Å². The highest BCUT2D eigenvalue weighted by Crippen LogP contribution is 2.32. The number of carbonyl (C=O) groups is 1. The van der Waals surface area contributed by atoms with E-state index in [1.807, 2.05) is 30.0 Å². The van der Waals surface area contributed by atoms with Gasteiger partial charge in [0, 0.05) is 24.8 Å². The summed E-state index contributed by atoms with van der Waals surface area (Å²) in [7, 11) is 0. The van der Waals surface area contributed by atoms with E-state index in [0.29, 0.717) is 24.8 Å². The molecular weight excluding hydrogens is 298 g/mol. The Balaban J connectivity index is 2.05. The molecule has 0 unspecified atom stereocenters. The molecule has 0 saturated carbocycles. The molecule has 0 spiro atoms. The first kappa shape index (κ1) is 13.2. The summed E-state index contributed by atoms with van der Waals surface area (Å²) in [6.07, 6.45) is 0.526. The van der Waals surface area contributed by atoms with Crippen LogP contribution in [0.3, 0.4) is 0 Å². The van der Waals surface area contributed by atoms with Gasteiger partial charge < -0.3 is 14.4 Å².